The summed E-state index contributed by atoms with van der Waals surface area (Å²) in [5.41, 5.74) is 1.56. The maximum absolute atomic E-state index is 9.43. The van der Waals surface area contributed by atoms with E-state index in [0.717, 1.165) is 25.6 Å². The third-order valence-corrected chi connectivity index (χ3v) is 4.80. The van der Waals surface area contributed by atoms with E-state index < -0.39 is 0 Å². The van der Waals surface area contributed by atoms with Crippen LogP contribution in [0.2, 0.25) is 0 Å². The Bertz CT molecular complexity index is 431. The Morgan fingerprint density at radius 2 is 2.05 bits per heavy atom. The first-order valence-corrected chi connectivity index (χ1v) is 8.25. The minimum absolute atomic E-state index is 0.334. The number of benzene rings is 1. The van der Waals surface area contributed by atoms with Crippen molar-refractivity contribution >= 4 is 5.69 Å². The van der Waals surface area contributed by atoms with Crippen LogP contribution in [0.25, 0.3) is 0 Å². The summed E-state index contributed by atoms with van der Waals surface area (Å²) in [5.74, 6) is 1.16. The van der Waals surface area contributed by atoms with Crippen LogP contribution in [0.3, 0.4) is 0 Å². The molecule has 2 atom stereocenters. The minimum Gasteiger partial charge on any atom is -0.508 e. The number of hydrogen-bond acceptors (Lipinski definition) is 3. The molecule has 0 heterocycles. The van der Waals surface area contributed by atoms with E-state index in [2.05, 4.69) is 31.1 Å². The van der Waals surface area contributed by atoms with Gasteiger partial charge in [-0.1, -0.05) is 26.7 Å². The Kier molecular flexibility index (Phi) is 5.51. The van der Waals surface area contributed by atoms with Crippen LogP contribution < -0.4 is 10.2 Å². The van der Waals surface area contributed by atoms with Crippen molar-refractivity contribution in [1.29, 1.82) is 0 Å². The van der Waals surface area contributed by atoms with Crippen molar-refractivity contribution in [3.63, 3.8) is 0 Å². The van der Waals surface area contributed by atoms with E-state index in [-0.39, 0.29) is 0 Å². The second kappa shape index (κ2) is 7.17. The lowest BCUT2D eigenvalue weighted by Crippen LogP contribution is -2.45. The lowest BCUT2D eigenvalue weighted by Gasteiger charge is -2.43. The number of rotatable bonds is 6. The fraction of sp³-hybridized carbons (Fsp3) is 0.667. The first-order chi connectivity index (χ1) is 10.0. The molecular weight excluding hydrogens is 260 g/mol. The third-order valence-electron chi connectivity index (χ3n) is 4.80. The van der Waals surface area contributed by atoms with Gasteiger partial charge in [-0.2, -0.15) is 0 Å². The molecule has 0 spiro atoms. The van der Waals surface area contributed by atoms with Crippen molar-refractivity contribution in [3.8, 4) is 5.75 Å². The monoisotopic (exact) mass is 290 g/mol. The SMILES string of the molecule is CCNCC1(CN(C)c2ccc(O)cc2)CCCC(C)C1. The van der Waals surface area contributed by atoms with Crippen LogP contribution in [0, 0.1) is 11.3 Å². The first-order valence-electron chi connectivity index (χ1n) is 8.25. The lowest BCUT2D eigenvalue weighted by molar-refractivity contribution is 0.149. The molecule has 0 aromatic heterocycles. The molecule has 1 fully saturated rings. The van der Waals surface area contributed by atoms with Gasteiger partial charge in [0, 0.05) is 31.2 Å². The number of nitrogens with one attached hydrogen (secondary N) is 1. The molecule has 0 aliphatic heterocycles. The molecule has 118 valence electrons. The molecule has 0 bridgehead atoms. The fourth-order valence-electron chi connectivity index (χ4n) is 3.82. The zero-order valence-electron chi connectivity index (χ0n) is 13.7. The van der Waals surface area contributed by atoms with Gasteiger partial charge in [-0.05, 0) is 49.6 Å². The van der Waals surface area contributed by atoms with E-state index in [1.807, 2.05) is 12.1 Å². The zero-order valence-corrected chi connectivity index (χ0v) is 13.7. The Balaban J connectivity index is 2.08. The van der Waals surface area contributed by atoms with Crippen molar-refractivity contribution < 1.29 is 5.11 Å². The Morgan fingerprint density at radius 1 is 1.33 bits per heavy atom. The van der Waals surface area contributed by atoms with Crippen LogP contribution in [-0.2, 0) is 0 Å². The number of hydrogen-bond donors (Lipinski definition) is 2. The van der Waals surface area contributed by atoms with Gasteiger partial charge in [0.2, 0.25) is 0 Å². The fourth-order valence-corrected chi connectivity index (χ4v) is 3.82. The molecule has 0 radical (unpaired) electrons. The zero-order chi connectivity index (χ0) is 15.3. The van der Waals surface area contributed by atoms with Crippen LogP contribution in [0.4, 0.5) is 5.69 Å². The van der Waals surface area contributed by atoms with E-state index in [1.165, 1.54) is 31.4 Å². The van der Waals surface area contributed by atoms with Crippen molar-refractivity contribution in [2.24, 2.45) is 11.3 Å². The summed E-state index contributed by atoms with van der Waals surface area (Å²) < 4.78 is 0. The summed E-state index contributed by atoms with van der Waals surface area (Å²) in [7, 11) is 2.17. The highest BCUT2D eigenvalue weighted by atomic mass is 16.3. The standard InChI is InChI=1S/C18H30N2O/c1-4-19-13-18(11-5-6-15(2)12-18)14-20(3)16-7-9-17(21)10-8-16/h7-10,15,19,21H,4-6,11-14H2,1-3H3. The largest absolute Gasteiger partial charge is 0.508 e. The van der Waals surface area contributed by atoms with Gasteiger partial charge in [-0.3, -0.25) is 0 Å². The van der Waals surface area contributed by atoms with Gasteiger partial charge >= 0.3 is 0 Å². The molecule has 1 aromatic rings. The average molecular weight is 290 g/mol. The van der Waals surface area contributed by atoms with Gasteiger partial charge < -0.3 is 15.3 Å². The summed E-state index contributed by atoms with van der Waals surface area (Å²) in [6.07, 6.45) is 5.34. The Hall–Kier alpha value is -1.22. The predicted octanol–water partition coefficient (Wildman–Crippen LogP) is 3.63. The summed E-state index contributed by atoms with van der Waals surface area (Å²) >= 11 is 0. The molecule has 3 nitrogen and oxygen atoms in total. The maximum Gasteiger partial charge on any atom is 0.115 e. The number of phenolic OH excluding ortho intramolecular Hbond substituents is 1. The molecule has 2 rings (SSSR count). The molecule has 1 aromatic carbocycles. The normalized spacial score (nSPS) is 25.8. The molecular formula is C18H30N2O. The molecule has 0 amide bonds. The van der Waals surface area contributed by atoms with Gasteiger partial charge in [-0.25, -0.2) is 0 Å². The summed E-state index contributed by atoms with van der Waals surface area (Å²) in [4.78, 5) is 2.34. The van der Waals surface area contributed by atoms with Crippen LogP contribution in [0.5, 0.6) is 5.75 Å². The summed E-state index contributed by atoms with van der Waals surface area (Å²) in [6, 6.07) is 7.55. The molecule has 1 aliphatic rings. The van der Waals surface area contributed by atoms with Crippen molar-refractivity contribution in [2.45, 2.75) is 39.5 Å². The number of nitrogens with zero attached hydrogens (tertiary/aromatic N) is 1. The van der Waals surface area contributed by atoms with Gasteiger partial charge in [0.1, 0.15) is 5.75 Å². The summed E-state index contributed by atoms with van der Waals surface area (Å²) in [6.45, 7) is 7.80. The highest BCUT2D eigenvalue weighted by Crippen LogP contribution is 2.40. The number of aromatic hydroxyl groups is 1. The number of phenols is 1. The first kappa shape index (κ1) is 16.2. The lowest BCUT2D eigenvalue weighted by atomic mass is 9.69. The topological polar surface area (TPSA) is 35.5 Å². The summed E-state index contributed by atoms with van der Waals surface area (Å²) in [5, 5.41) is 13.0. The van der Waals surface area contributed by atoms with E-state index in [4.69, 9.17) is 0 Å². The van der Waals surface area contributed by atoms with Crippen LogP contribution in [0.15, 0.2) is 24.3 Å². The smallest absolute Gasteiger partial charge is 0.115 e. The van der Waals surface area contributed by atoms with Gasteiger partial charge in [0.15, 0.2) is 0 Å². The number of anilines is 1. The second-order valence-electron chi connectivity index (χ2n) is 6.85. The predicted molar refractivity (Wildman–Crippen MR) is 90.0 cm³/mol. The van der Waals surface area contributed by atoms with E-state index in [9.17, 15) is 5.11 Å². The second-order valence-corrected chi connectivity index (χ2v) is 6.85. The molecule has 2 N–H and O–H groups in total. The average Bonchev–Trinajstić information content (AvgIpc) is 2.46. The van der Waals surface area contributed by atoms with E-state index in [1.54, 1.807) is 12.1 Å². The van der Waals surface area contributed by atoms with Crippen molar-refractivity contribution in [2.75, 3.05) is 31.6 Å². The third kappa shape index (κ3) is 4.37. The Labute approximate surface area is 129 Å². The molecule has 21 heavy (non-hydrogen) atoms. The quantitative estimate of drug-likeness (QED) is 0.839. The molecule has 0 saturated heterocycles. The maximum atomic E-state index is 9.43. The van der Waals surface area contributed by atoms with Gasteiger partial charge in [0.25, 0.3) is 0 Å². The van der Waals surface area contributed by atoms with Gasteiger partial charge in [-0.15, -0.1) is 0 Å². The van der Waals surface area contributed by atoms with Crippen LogP contribution >= 0.6 is 0 Å². The van der Waals surface area contributed by atoms with Crippen molar-refractivity contribution in [3.05, 3.63) is 24.3 Å². The molecule has 2 unspecified atom stereocenters. The molecule has 1 saturated carbocycles. The molecule has 3 heteroatoms. The highest BCUT2D eigenvalue weighted by Gasteiger charge is 2.35. The van der Waals surface area contributed by atoms with Crippen LogP contribution in [-0.4, -0.2) is 31.8 Å². The van der Waals surface area contributed by atoms with Crippen molar-refractivity contribution in [1.82, 2.24) is 5.32 Å². The molecule has 1 aliphatic carbocycles. The minimum atomic E-state index is 0.334. The van der Waals surface area contributed by atoms with E-state index in [0.29, 0.717) is 11.2 Å². The van der Waals surface area contributed by atoms with Gasteiger partial charge in [0.05, 0.1) is 0 Å². The highest BCUT2D eigenvalue weighted by molar-refractivity contribution is 5.48. The Morgan fingerprint density at radius 3 is 2.67 bits per heavy atom. The van der Waals surface area contributed by atoms with Crippen LogP contribution in [0.1, 0.15) is 39.5 Å². The van der Waals surface area contributed by atoms with E-state index >= 15 is 0 Å².